The van der Waals surface area contributed by atoms with Crippen LogP contribution < -0.4 is 0 Å². The summed E-state index contributed by atoms with van der Waals surface area (Å²) < 4.78 is 5.47. The Balaban J connectivity index is 2.07. The molecule has 0 radical (unpaired) electrons. The van der Waals surface area contributed by atoms with Crippen molar-refractivity contribution in [1.82, 2.24) is 4.90 Å². The van der Waals surface area contributed by atoms with Gasteiger partial charge in [-0.25, -0.2) is 4.79 Å². The molecule has 0 atom stereocenters. The number of piperidine rings is 1. The summed E-state index contributed by atoms with van der Waals surface area (Å²) >= 11 is 0. The maximum atomic E-state index is 12.3. The van der Waals surface area contributed by atoms with Gasteiger partial charge in [-0.2, -0.15) is 0 Å². The van der Waals surface area contributed by atoms with Gasteiger partial charge in [0, 0.05) is 24.1 Å². The van der Waals surface area contributed by atoms with Crippen LogP contribution in [0.25, 0.3) is 0 Å². The largest absolute Gasteiger partial charge is 0.508 e. The van der Waals surface area contributed by atoms with Crippen LogP contribution in [0.4, 0.5) is 4.79 Å². The van der Waals surface area contributed by atoms with E-state index in [2.05, 4.69) is 25.7 Å². The second-order valence-corrected chi connectivity index (χ2v) is 8.03. The third-order valence-corrected chi connectivity index (χ3v) is 4.07. The summed E-state index contributed by atoms with van der Waals surface area (Å²) in [5.74, 6) is 6.34. The number of benzene rings is 1. The van der Waals surface area contributed by atoms with Crippen LogP contribution >= 0.6 is 0 Å². The van der Waals surface area contributed by atoms with Gasteiger partial charge in [-0.1, -0.05) is 37.3 Å². The van der Waals surface area contributed by atoms with E-state index in [-0.39, 0.29) is 17.3 Å². The molecule has 25 heavy (non-hydrogen) atoms. The van der Waals surface area contributed by atoms with Crippen molar-refractivity contribution >= 4 is 6.09 Å². The molecule has 4 heteroatoms. The first-order valence-corrected chi connectivity index (χ1v) is 8.55. The Morgan fingerprint density at radius 1 is 1.36 bits per heavy atom. The van der Waals surface area contributed by atoms with E-state index in [1.165, 1.54) is 5.57 Å². The molecule has 0 bridgehead atoms. The summed E-state index contributed by atoms with van der Waals surface area (Å²) in [7, 11) is 0. The van der Waals surface area contributed by atoms with Crippen LogP contribution in [0.2, 0.25) is 0 Å². The van der Waals surface area contributed by atoms with Gasteiger partial charge >= 0.3 is 6.09 Å². The highest BCUT2D eigenvalue weighted by Crippen LogP contribution is 2.34. The number of nitrogens with zero attached hydrogens (tertiary/aromatic N) is 1. The lowest BCUT2D eigenvalue weighted by Crippen LogP contribution is -2.46. The molecule has 1 aliphatic rings. The molecule has 134 valence electrons. The van der Waals surface area contributed by atoms with Gasteiger partial charge in [-0.05, 0) is 51.5 Å². The number of carbonyl (C=O) groups is 1. The number of phenols is 1. The Labute approximate surface area is 150 Å². The number of phenolic OH excluding ortho intramolecular Hbond substituents is 1. The van der Waals surface area contributed by atoms with Gasteiger partial charge in [-0.3, -0.25) is 0 Å². The highest BCUT2D eigenvalue weighted by Gasteiger charge is 2.34. The van der Waals surface area contributed by atoms with Crippen molar-refractivity contribution in [2.45, 2.75) is 46.6 Å². The molecule has 2 rings (SSSR count). The quantitative estimate of drug-likeness (QED) is 0.714. The van der Waals surface area contributed by atoms with E-state index in [0.717, 1.165) is 12.0 Å². The minimum Gasteiger partial charge on any atom is -0.508 e. The van der Waals surface area contributed by atoms with Gasteiger partial charge in [0.25, 0.3) is 0 Å². The summed E-state index contributed by atoms with van der Waals surface area (Å²) in [6.45, 7) is 11.1. The lowest BCUT2D eigenvalue weighted by molar-refractivity contribution is 0.0157. The van der Waals surface area contributed by atoms with Crippen molar-refractivity contribution in [3.05, 3.63) is 41.5 Å². The van der Waals surface area contributed by atoms with Crippen molar-refractivity contribution in [2.24, 2.45) is 5.41 Å². The van der Waals surface area contributed by atoms with Crippen molar-refractivity contribution < 1.29 is 14.6 Å². The van der Waals surface area contributed by atoms with Gasteiger partial charge in [0.2, 0.25) is 0 Å². The Hall–Kier alpha value is -2.41. The summed E-state index contributed by atoms with van der Waals surface area (Å²) in [5.41, 5.74) is 1.37. The molecule has 4 nitrogen and oxygen atoms in total. The number of rotatable bonds is 0. The van der Waals surface area contributed by atoms with Crippen LogP contribution in [0.3, 0.4) is 0 Å². The predicted molar refractivity (Wildman–Crippen MR) is 99.3 cm³/mol. The van der Waals surface area contributed by atoms with E-state index in [0.29, 0.717) is 13.1 Å². The Bertz CT molecular complexity index is 729. The third-order valence-electron chi connectivity index (χ3n) is 4.07. The van der Waals surface area contributed by atoms with E-state index < -0.39 is 5.60 Å². The molecule has 1 amide bonds. The van der Waals surface area contributed by atoms with Crippen LogP contribution in [0, 0.1) is 17.3 Å². The Morgan fingerprint density at radius 2 is 2.08 bits per heavy atom. The molecule has 0 spiro atoms. The van der Waals surface area contributed by atoms with Crippen molar-refractivity contribution in [3.8, 4) is 17.6 Å². The summed E-state index contributed by atoms with van der Waals surface area (Å²) in [6.07, 6.45) is 2.46. The maximum Gasteiger partial charge on any atom is 0.410 e. The Morgan fingerprint density at radius 3 is 2.68 bits per heavy atom. The summed E-state index contributed by atoms with van der Waals surface area (Å²) in [4.78, 5) is 14.0. The fourth-order valence-corrected chi connectivity index (χ4v) is 2.79. The molecule has 0 unspecified atom stereocenters. The molecule has 1 heterocycles. The van der Waals surface area contributed by atoms with Crippen LogP contribution in [0.1, 0.15) is 46.6 Å². The van der Waals surface area contributed by atoms with E-state index in [1.807, 2.05) is 32.9 Å². The first-order valence-electron chi connectivity index (χ1n) is 8.55. The number of likely N-dealkylation sites (tertiary alicyclic amines) is 1. The van der Waals surface area contributed by atoms with E-state index in [9.17, 15) is 9.90 Å². The summed E-state index contributed by atoms with van der Waals surface area (Å²) in [6, 6.07) is 6.90. The maximum absolute atomic E-state index is 12.3. The molecule has 0 aromatic heterocycles. The SMILES string of the molecule is CC(C)(C)OC(=O)N1CC/C(=C\C#Cc2cccc(O)c2)C(C)(C)C1. The van der Waals surface area contributed by atoms with Crippen LogP contribution in [0.5, 0.6) is 5.75 Å². The number of allylic oxidation sites excluding steroid dienone is 1. The van der Waals surface area contributed by atoms with Crippen molar-refractivity contribution in [1.29, 1.82) is 0 Å². The van der Waals surface area contributed by atoms with E-state index >= 15 is 0 Å². The van der Waals surface area contributed by atoms with Gasteiger partial charge in [0.15, 0.2) is 0 Å². The molecule has 0 saturated carbocycles. The number of hydrogen-bond donors (Lipinski definition) is 1. The smallest absolute Gasteiger partial charge is 0.410 e. The van der Waals surface area contributed by atoms with E-state index in [4.69, 9.17) is 4.74 Å². The van der Waals surface area contributed by atoms with Crippen LogP contribution in [-0.4, -0.2) is 34.8 Å². The minimum atomic E-state index is -0.482. The molecule has 1 N–H and O–H groups in total. The normalized spacial score (nSPS) is 18.4. The van der Waals surface area contributed by atoms with Crippen molar-refractivity contribution in [3.63, 3.8) is 0 Å². The Kier molecular flexibility index (Phi) is 5.47. The fraction of sp³-hybridized carbons (Fsp3) is 0.476. The average Bonchev–Trinajstić information content (AvgIpc) is 2.46. The molecular formula is C21H27NO3. The number of aromatic hydroxyl groups is 1. The standard InChI is InChI=1S/C21H27NO3/c1-20(2,3)25-19(24)22-13-12-17(21(4,5)15-22)10-6-8-16-9-7-11-18(23)14-16/h7,9-11,14,23H,12-13,15H2,1-5H3/b17-10+. The highest BCUT2D eigenvalue weighted by atomic mass is 16.6. The molecule has 1 aliphatic heterocycles. The first kappa shape index (κ1) is 18.9. The first-order chi connectivity index (χ1) is 11.6. The number of amides is 1. The van der Waals surface area contributed by atoms with Crippen LogP contribution in [-0.2, 0) is 4.74 Å². The van der Waals surface area contributed by atoms with Crippen molar-refractivity contribution in [2.75, 3.05) is 13.1 Å². The molecular weight excluding hydrogens is 314 g/mol. The zero-order chi connectivity index (χ0) is 18.7. The topological polar surface area (TPSA) is 49.8 Å². The van der Waals surface area contributed by atoms with Gasteiger partial charge < -0.3 is 14.7 Å². The fourth-order valence-electron chi connectivity index (χ4n) is 2.79. The van der Waals surface area contributed by atoms with Crippen LogP contribution in [0.15, 0.2) is 35.9 Å². The van der Waals surface area contributed by atoms with Gasteiger partial charge in [0.1, 0.15) is 11.4 Å². The monoisotopic (exact) mass is 341 g/mol. The number of ether oxygens (including phenoxy) is 1. The molecule has 1 aromatic rings. The minimum absolute atomic E-state index is 0.150. The zero-order valence-corrected chi connectivity index (χ0v) is 15.7. The van der Waals surface area contributed by atoms with E-state index in [1.54, 1.807) is 23.1 Å². The predicted octanol–water partition coefficient (Wildman–Crippen LogP) is 4.34. The molecule has 1 saturated heterocycles. The molecule has 0 aliphatic carbocycles. The third kappa shape index (κ3) is 5.56. The molecule has 1 aromatic carbocycles. The zero-order valence-electron chi connectivity index (χ0n) is 15.7. The second-order valence-electron chi connectivity index (χ2n) is 8.03. The second kappa shape index (κ2) is 7.23. The number of hydrogen-bond acceptors (Lipinski definition) is 3. The highest BCUT2D eigenvalue weighted by molar-refractivity contribution is 5.68. The molecule has 1 fully saturated rings. The lowest BCUT2D eigenvalue weighted by atomic mass is 9.79. The number of carbonyl (C=O) groups excluding carboxylic acids is 1. The average molecular weight is 341 g/mol. The van der Waals surface area contributed by atoms with Gasteiger partial charge in [-0.15, -0.1) is 0 Å². The lowest BCUT2D eigenvalue weighted by Gasteiger charge is -2.40. The summed E-state index contributed by atoms with van der Waals surface area (Å²) in [5, 5.41) is 9.47. The van der Waals surface area contributed by atoms with Gasteiger partial charge in [0.05, 0.1) is 0 Å².